The summed E-state index contributed by atoms with van der Waals surface area (Å²) >= 11 is 0. The summed E-state index contributed by atoms with van der Waals surface area (Å²) in [6, 6.07) is 7.31. The van der Waals surface area contributed by atoms with Gasteiger partial charge < -0.3 is 9.64 Å². The van der Waals surface area contributed by atoms with Crippen LogP contribution >= 0.6 is 0 Å². The number of hydrogen-bond acceptors (Lipinski definition) is 6. The molecule has 1 aromatic carbocycles. The van der Waals surface area contributed by atoms with Crippen molar-refractivity contribution in [2.24, 2.45) is 5.92 Å². The summed E-state index contributed by atoms with van der Waals surface area (Å²) in [6.45, 7) is 4.13. The zero-order valence-electron chi connectivity index (χ0n) is 18.9. The fourth-order valence-corrected chi connectivity index (χ4v) is 5.16. The first-order valence-corrected chi connectivity index (χ1v) is 11.6. The van der Waals surface area contributed by atoms with E-state index in [1.54, 1.807) is 25.6 Å². The van der Waals surface area contributed by atoms with Crippen LogP contribution in [0.15, 0.2) is 36.7 Å². The molecular formula is C24H29FN6O2. The maximum Gasteiger partial charge on any atom is 0.297 e. The van der Waals surface area contributed by atoms with E-state index in [9.17, 15) is 9.18 Å². The van der Waals surface area contributed by atoms with Gasteiger partial charge in [-0.15, -0.1) is 0 Å². The molecular weight excluding hydrogens is 423 g/mol. The Hall–Kier alpha value is -3.07. The average Bonchev–Trinajstić information content (AvgIpc) is 3.22. The summed E-state index contributed by atoms with van der Waals surface area (Å²) in [5, 5.41) is 7.77. The SMILES string of the molecule is COc1nc2cc(F)ccc2n1C1CCN(C(=O)C2CCN(Cc3ccnnc3)CC2)CC1. The van der Waals surface area contributed by atoms with Crippen molar-refractivity contribution in [3.05, 3.63) is 48.0 Å². The van der Waals surface area contributed by atoms with Crippen LogP contribution in [0.5, 0.6) is 6.01 Å². The lowest BCUT2D eigenvalue weighted by atomic mass is 9.93. The molecule has 0 unspecified atom stereocenters. The summed E-state index contributed by atoms with van der Waals surface area (Å²) in [5.74, 6) is 0.0712. The topological polar surface area (TPSA) is 76.4 Å². The number of amides is 1. The summed E-state index contributed by atoms with van der Waals surface area (Å²) in [7, 11) is 1.59. The maximum absolute atomic E-state index is 13.6. The van der Waals surface area contributed by atoms with Gasteiger partial charge in [-0.3, -0.25) is 14.3 Å². The predicted molar refractivity (Wildman–Crippen MR) is 121 cm³/mol. The van der Waals surface area contributed by atoms with Gasteiger partial charge in [-0.25, -0.2) is 4.39 Å². The average molecular weight is 453 g/mol. The highest BCUT2D eigenvalue weighted by Gasteiger charge is 2.32. The van der Waals surface area contributed by atoms with Crippen molar-refractivity contribution in [1.29, 1.82) is 0 Å². The van der Waals surface area contributed by atoms with Crippen LogP contribution in [-0.2, 0) is 11.3 Å². The van der Waals surface area contributed by atoms with Gasteiger partial charge in [0.1, 0.15) is 5.82 Å². The number of carbonyl (C=O) groups is 1. The first kappa shape index (κ1) is 21.8. The molecule has 0 saturated carbocycles. The van der Waals surface area contributed by atoms with Gasteiger partial charge in [-0.1, -0.05) is 0 Å². The molecule has 0 N–H and O–H groups in total. The van der Waals surface area contributed by atoms with E-state index in [1.807, 2.05) is 11.0 Å². The zero-order chi connectivity index (χ0) is 22.8. The number of benzene rings is 1. The molecule has 1 amide bonds. The summed E-state index contributed by atoms with van der Waals surface area (Å²) in [5.41, 5.74) is 2.62. The monoisotopic (exact) mass is 452 g/mol. The van der Waals surface area contributed by atoms with Crippen LogP contribution in [-0.4, -0.2) is 68.7 Å². The fraction of sp³-hybridized carbons (Fsp3) is 0.500. The van der Waals surface area contributed by atoms with Crippen LogP contribution < -0.4 is 4.74 Å². The van der Waals surface area contributed by atoms with Crippen molar-refractivity contribution in [1.82, 2.24) is 29.5 Å². The van der Waals surface area contributed by atoms with Gasteiger partial charge in [0, 0.05) is 43.9 Å². The number of rotatable bonds is 5. The standard InChI is InChI=1S/C24H29FN6O2/c1-33-24-28-21-14-19(25)2-3-22(21)31(24)20-7-12-30(13-8-20)23(32)18-5-10-29(11-6-18)16-17-4-9-26-27-15-17/h2-4,9,14-15,18,20H,5-8,10-13,16H2,1H3. The summed E-state index contributed by atoms with van der Waals surface area (Å²) < 4.78 is 21.2. The largest absolute Gasteiger partial charge is 0.468 e. The molecule has 2 aliphatic rings. The Balaban J connectivity index is 1.17. The second-order valence-electron chi connectivity index (χ2n) is 8.96. The Labute approximate surface area is 192 Å². The number of likely N-dealkylation sites (tertiary alicyclic amines) is 2. The van der Waals surface area contributed by atoms with Gasteiger partial charge in [0.2, 0.25) is 5.91 Å². The van der Waals surface area contributed by atoms with Crippen LogP contribution in [0.4, 0.5) is 4.39 Å². The van der Waals surface area contributed by atoms with Gasteiger partial charge in [-0.2, -0.15) is 15.2 Å². The van der Waals surface area contributed by atoms with Gasteiger partial charge >= 0.3 is 0 Å². The fourth-order valence-electron chi connectivity index (χ4n) is 5.16. The van der Waals surface area contributed by atoms with E-state index in [0.717, 1.165) is 69.5 Å². The highest BCUT2D eigenvalue weighted by Crippen LogP contribution is 2.33. The molecule has 0 atom stereocenters. The van der Waals surface area contributed by atoms with Crippen LogP contribution in [0.1, 0.15) is 37.3 Å². The van der Waals surface area contributed by atoms with Crippen LogP contribution in [0, 0.1) is 11.7 Å². The van der Waals surface area contributed by atoms with Crippen LogP contribution in [0.2, 0.25) is 0 Å². The van der Waals surface area contributed by atoms with Gasteiger partial charge in [0.05, 0.1) is 24.3 Å². The van der Waals surface area contributed by atoms with Crippen molar-refractivity contribution in [3.8, 4) is 6.01 Å². The summed E-state index contributed by atoms with van der Waals surface area (Å²) in [4.78, 5) is 22.0. The number of carbonyl (C=O) groups excluding carboxylic acids is 1. The molecule has 174 valence electrons. The first-order chi connectivity index (χ1) is 16.1. The zero-order valence-corrected chi connectivity index (χ0v) is 18.9. The quantitative estimate of drug-likeness (QED) is 0.592. The third kappa shape index (κ3) is 4.55. The normalized spacial score (nSPS) is 18.7. The molecule has 0 aliphatic carbocycles. The summed E-state index contributed by atoms with van der Waals surface area (Å²) in [6.07, 6.45) is 6.97. The minimum Gasteiger partial charge on any atom is -0.468 e. The molecule has 9 heteroatoms. The Bertz CT molecular complexity index is 1100. The second-order valence-corrected chi connectivity index (χ2v) is 8.96. The lowest BCUT2D eigenvalue weighted by Crippen LogP contribution is -2.45. The van der Waals surface area contributed by atoms with E-state index in [-0.39, 0.29) is 23.7 Å². The Morgan fingerprint density at radius 2 is 1.88 bits per heavy atom. The number of halogens is 1. The van der Waals surface area contributed by atoms with Gasteiger partial charge in [-0.05, 0) is 62.5 Å². The van der Waals surface area contributed by atoms with Crippen molar-refractivity contribution in [3.63, 3.8) is 0 Å². The van der Waals surface area contributed by atoms with E-state index in [4.69, 9.17) is 4.74 Å². The van der Waals surface area contributed by atoms with Crippen LogP contribution in [0.3, 0.4) is 0 Å². The molecule has 2 fully saturated rings. The van der Waals surface area contributed by atoms with Crippen molar-refractivity contribution in [2.45, 2.75) is 38.3 Å². The molecule has 2 saturated heterocycles. The van der Waals surface area contributed by atoms with E-state index < -0.39 is 0 Å². The highest BCUT2D eigenvalue weighted by atomic mass is 19.1. The molecule has 5 rings (SSSR count). The van der Waals surface area contributed by atoms with Crippen LogP contribution in [0.25, 0.3) is 11.0 Å². The third-order valence-corrected chi connectivity index (χ3v) is 6.93. The second kappa shape index (κ2) is 9.43. The molecule has 4 heterocycles. The number of fused-ring (bicyclic) bond motifs is 1. The molecule has 0 bridgehead atoms. The molecule has 0 spiro atoms. The van der Waals surface area contributed by atoms with Crippen molar-refractivity contribution in [2.75, 3.05) is 33.3 Å². The molecule has 3 aromatic rings. The molecule has 0 radical (unpaired) electrons. The van der Waals surface area contributed by atoms with Gasteiger partial charge in [0.25, 0.3) is 6.01 Å². The number of nitrogens with zero attached hydrogens (tertiary/aromatic N) is 6. The smallest absolute Gasteiger partial charge is 0.297 e. The lowest BCUT2D eigenvalue weighted by molar-refractivity contribution is -0.138. The number of piperidine rings is 2. The minimum absolute atomic E-state index is 0.0972. The molecule has 2 aliphatic heterocycles. The highest BCUT2D eigenvalue weighted by molar-refractivity contribution is 5.79. The number of imidazole rings is 1. The van der Waals surface area contributed by atoms with E-state index >= 15 is 0 Å². The first-order valence-electron chi connectivity index (χ1n) is 11.6. The van der Waals surface area contributed by atoms with Gasteiger partial charge in [0.15, 0.2) is 0 Å². The predicted octanol–water partition coefficient (Wildman–Crippen LogP) is 3.05. The number of methoxy groups -OCH3 is 1. The Morgan fingerprint density at radius 3 is 2.58 bits per heavy atom. The number of hydrogen-bond donors (Lipinski definition) is 0. The molecule has 8 nitrogen and oxygen atoms in total. The lowest BCUT2D eigenvalue weighted by Gasteiger charge is -2.37. The van der Waals surface area contributed by atoms with Crippen molar-refractivity contribution >= 4 is 16.9 Å². The Kier molecular flexibility index (Phi) is 6.22. The van der Waals surface area contributed by atoms with E-state index in [2.05, 4.69) is 24.6 Å². The Morgan fingerprint density at radius 1 is 1.09 bits per heavy atom. The molecule has 2 aromatic heterocycles. The molecule has 33 heavy (non-hydrogen) atoms. The van der Waals surface area contributed by atoms with E-state index in [0.29, 0.717) is 11.5 Å². The van der Waals surface area contributed by atoms with Crippen molar-refractivity contribution < 1.29 is 13.9 Å². The maximum atomic E-state index is 13.6. The third-order valence-electron chi connectivity index (χ3n) is 6.93. The minimum atomic E-state index is -0.307. The van der Waals surface area contributed by atoms with E-state index in [1.165, 1.54) is 12.1 Å². The number of ether oxygens (including phenoxy) is 1. The number of aromatic nitrogens is 4.